The first-order valence-electron chi connectivity index (χ1n) is 7.21. The highest BCUT2D eigenvalue weighted by Crippen LogP contribution is 2.37. The third-order valence-electron chi connectivity index (χ3n) is 3.57. The van der Waals surface area contributed by atoms with Gasteiger partial charge < -0.3 is 10.1 Å². The van der Waals surface area contributed by atoms with Crippen molar-refractivity contribution in [1.29, 1.82) is 0 Å². The molecule has 2 N–H and O–H groups in total. The second-order valence-electron chi connectivity index (χ2n) is 5.28. The highest BCUT2D eigenvalue weighted by atomic mass is 16.5. The maximum absolute atomic E-state index is 12.5. The molecule has 0 aromatic heterocycles. The zero-order valence-electron chi connectivity index (χ0n) is 12.9. The summed E-state index contributed by atoms with van der Waals surface area (Å²) in [4.78, 5) is 29.8. The molecule has 0 fully saturated rings. The van der Waals surface area contributed by atoms with Crippen molar-refractivity contribution in [2.45, 2.75) is 31.7 Å². The number of carbonyl (C=O) groups excluding carboxylic acids is 2. The molecule has 0 spiro atoms. The molecule has 0 aromatic rings. The lowest BCUT2D eigenvalue weighted by Crippen LogP contribution is -2.49. The first-order valence-corrected chi connectivity index (χ1v) is 7.21. The zero-order valence-corrected chi connectivity index (χ0v) is 12.9. The summed E-state index contributed by atoms with van der Waals surface area (Å²) in [5, 5.41) is 5.31. The van der Waals surface area contributed by atoms with Gasteiger partial charge in [-0.2, -0.15) is 0 Å². The van der Waals surface area contributed by atoms with E-state index < -0.39 is 11.6 Å². The van der Waals surface area contributed by atoms with Crippen molar-refractivity contribution in [2.75, 3.05) is 13.7 Å². The lowest BCUT2D eigenvalue weighted by molar-refractivity contribution is 0.176. The predicted molar refractivity (Wildman–Crippen MR) is 83.0 cm³/mol. The molecule has 3 amide bonds. The summed E-state index contributed by atoms with van der Waals surface area (Å²) in [5.74, 6) is 0.177. The fourth-order valence-electron chi connectivity index (χ4n) is 2.39. The molecule has 118 valence electrons. The van der Waals surface area contributed by atoms with Crippen molar-refractivity contribution in [3.8, 4) is 0 Å². The maximum atomic E-state index is 12.5. The molecule has 7 heteroatoms. The normalized spacial score (nSPS) is 22.5. The van der Waals surface area contributed by atoms with E-state index >= 15 is 0 Å². The number of urea groups is 1. The van der Waals surface area contributed by atoms with Crippen LogP contribution in [0.1, 0.15) is 26.2 Å². The van der Waals surface area contributed by atoms with Gasteiger partial charge >= 0.3 is 12.1 Å². The van der Waals surface area contributed by atoms with Gasteiger partial charge in [0.15, 0.2) is 0 Å². The second kappa shape index (κ2) is 6.55. The topological polar surface area (TPSA) is 83.0 Å². The van der Waals surface area contributed by atoms with E-state index in [9.17, 15) is 9.59 Å². The largest absolute Gasteiger partial charge is 0.453 e. The number of methoxy groups -OCH3 is 1. The van der Waals surface area contributed by atoms with Crippen molar-refractivity contribution in [3.63, 3.8) is 0 Å². The van der Waals surface area contributed by atoms with Crippen LogP contribution in [0.4, 0.5) is 9.59 Å². The quantitative estimate of drug-likeness (QED) is 0.617. The molecule has 2 aliphatic rings. The lowest BCUT2D eigenvalue weighted by atomic mass is 9.91. The molecule has 1 aliphatic carbocycles. The van der Waals surface area contributed by atoms with Crippen LogP contribution in [0, 0.1) is 6.92 Å². The van der Waals surface area contributed by atoms with Crippen LogP contribution in [0.3, 0.4) is 0 Å². The molecule has 1 heterocycles. The Morgan fingerprint density at radius 2 is 2.32 bits per heavy atom. The first-order chi connectivity index (χ1) is 10.5. The summed E-state index contributed by atoms with van der Waals surface area (Å²) in [6.45, 7) is 6.18. The number of alkyl carbamates (subject to hydrolysis) is 1. The minimum Gasteiger partial charge on any atom is -0.453 e. The van der Waals surface area contributed by atoms with E-state index in [4.69, 9.17) is 0 Å². The number of hydrogen-bond donors (Lipinski definition) is 2. The highest BCUT2D eigenvalue weighted by Gasteiger charge is 2.44. The molecule has 0 bridgehead atoms. The fraction of sp³-hybridized carbons (Fsp3) is 0.467. The smallest absolute Gasteiger partial charge is 0.413 e. The summed E-state index contributed by atoms with van der Waals surface area (Å²) in [6, 6.07) is -0.325. The van der Waals surface area contributed by atoms with E-state index in [0.29, 0.717) is 13.0 Å². The molecule has 0 saturated heterocycles. The van der Waals surface area contributed by atoms with Crippen molar-refractivity contribution < 1.29 is 14.3 Å². The van der Waals surface area contributed by atoms with Crippen molar-refractivity contribution >= 4 is 18.1 Å². The van der Waals surface area contributed by atoms with Gasteiger partial charge in [0, 0.05) is 13.0 Å². The molecular formula is C15H21N4O3+. The predicted octanol–water partition coefficient (Wildman–Crippen LogP) is 1.94. The Hall–Kier alpha value is -2.44. The standard InChI is InChI=1S/C15H20N4O3/c1-4-5-10-16-13(20)19-11-8-6-7-9-15(11,2)18-12(19)17-14(21)22-3/h6-8H,1,4-5,9-10H2,2-3H3,(H-,16,17,18,20,21)/p+1. The Kier molecular flexibility index (Phi) is 4.75. The molecule has 1 aliphatic heterocycles. The summed E-state index contributed by atoms with van der Waals surface area (Å²) in [7, 11) is 1.26. The van der Waals surface area contributed by atoms with Gasteiger partial charge in [0.1, 0.15) is 5.54 Å². The molecule has 1 unspecified atom stereocenters. The summed E-state index contributed by atoms with van der Waals surface area (Å²) >= 11 is 0. The van der Waals surface area contributed by atoms with Gasteiger partial charge in [-0.1, -0.05) is 12.2 Å². The summed E-state index contributed by atoms with van der Waals surface area (Å²) in [6.07, 6.45) is 7.22. The van der Waals surface area contributed by atoms with Gasteiger partial charge in [0.2, 0.25) is 5.96 Å². The van der Waals surface area contributed by atoms with Crippen LogP contribution in [0.15, 0.2) is 28.9 Å². The van der Waals surface area contributed by atoms with Gasteiger partial charge in [-0.3, -0.25) is 5.32 Å². The molecule has 22 heavy (non-hydrogen) atoms. The van der Waals surface area contributed by atoms with Crippen LogP contribution in [0.25, 0.3) is 0 Å². The van der Waals surface area contributed by atoms with Crippen molar-refractivity contribution in [3.05, 3.63) is 30.8 Å². The molecular weight excluding hydrogens is 284 g/mol. The average molecular weight is 305 g/mol. The van der Waals surface area contributed by atoms with Crippen molar-refractivity contribution in [1.82, 2.24) is 15.5 Å². The van der Waals surface area contributed by atoms with Gasteiger partial charge in [-0.05, 0) is 19.4 Å². The molecule has 0 radical (unpaired) electrons. The molecule has 2 rings (SSSR count). The molecule has 0 aromatic carbocycles. The molecule has 1 atom stereocenters. The molecule has 0 saturated carbocycles. The van der Waals surface area contributed by atoms with Crippen LogP contribution in [0.5, 0.6) is 0 Å². The summed E-state index contributed by atoms with van der Waals surface area (Å²) < 4.78 is 4.59. The number of nitrogens with one attached hydrogen (secondary N) is 2. The minimum absolute atomic E-state index is 0.177. The number of nitrogens with zero attached hydrogens (tertiary/aromatic N) is 2. The summed E-state index contributed by atoms with van der Waals surface area (Å²) in [5.41, 5.74) is 0.169. The lowest BCUT2D eigenvalue weighted by Gasteiger charge is -2.28. The Balaban J connectivity index is 2.23. The number of rotatable bonds is 3. The highest BCUT2D eigenvalue weighted by molar-refractivity contribution is 6.06. The van der Waals surface area contributed by atoms with Crippen LogP contribution in [0.2, 0.25) is 0 Å². The zero-order chi connectivity index (χ0) is 16.2. The number of amides is 3. The van der Waals surface area contributed by atoms with Crippen LogP contribution < -0.4 is 10.6 Å². The van der Waals surface area contributed by atoms with Crippen LogP contribution in [-0.4, -0.2) is 42.2 Å². The Bertz CT molecular complexity index is 553. The number of aliphatic imine (C=N–C) groups is 1. The van der Waals surface area contributed by atoms with E-state index in [1.165, 1.54) is 12.0 Å². The number of carbonyl (C=O) groups is 2. The minimum atomic E-state index is -0.662. The van der Waals surface area contributed by atoms with E-state index in [2.05, 4.69) is 27.3 Å². The van der Waals surface area contributed by atoms with Gasteiger partial charge in [-0.25, -0.2) is 19.5 Å². The maximum Gasteiger partial charge on any atom is 0.413 e. The third-order valence-corrected chi connectivity index (χ3v) is 3.57. The monoisotopic (exact) mass is 305 g/mol. The third kappa shape index (κ3) is 3.08. The number of guanidine groups is 1. The Morgan fingerprint density at radius 3 is 3.00 bits per heavy atom. The van der Waals surface area contributed by atoms with Gasteiger partial charge in [0.05, 0.1) is 26.2 Å². The number of unbranched alkanes of at least 4 members (excludes halogenated alkanes) is 1. The Morgan fingerprint density at radius 1 is 1.55 bits per heavy atom. The fourth-order valence-corrected chi connectivity index (χ4v) is 2.39. The van der Waals surface area contributed by atoms with E-state index in [-0.39, 0.29) is 12.0 Å². The molecule has 7 nitrogen and oxygen atoms in total. The van der Waals surface area contributed by atoms with Gasteiger partial charge in [-0.15, -0.1) is 0 Å². The van der Waals surface area contributed by atoms with Crippen LogP contribution in [-0.2, 0) is 4.74 Å². The van der Waals surface area contributed by atoms with E-state index in [1.807, 2.05) is 25.2 Å². The van der Waals surface area contributed by atoms with Crippen molar-refractivity contribution in [2.24, 2.45) is 4.99 Å². The first kappa shape index (κ1) is 15.9. The second-order valence-corrected chi connectivity index (χ2v) is 5.28. The number of hydrogen-bond acceptors (Lipinski definition) is 4. The number of ether oxygens (including phenoxy) is 1. The van der Waals surface area contributed by atoms with E-state index in [0.717, 1.165) is 18.5 Å². The average Bonchev–Trinajstić information content (AvgIpc) is 2.78. The number of fused-ring (bicyclic) bond motifs is 1. The SMILES string of the molecule is [CH2+]CCCNC(=O)N1C2=CC=CCC2(C)N=C1NC(=O)OC. The van der Waals surface area contributed by atoms with Crippen LogP contribution >= 0.6 is 0 Å². The number of allylic oxidation sites excluding steroid dienone is 2. The van der Waals surface area contributed by atoms with Gasteiger partial charge in [0.25, 0.3) is 0 Å². The Labute approximate surface area is 130 Å². The van der Waals surface area contributed by atoms with E-state index in [1.54, 1.807) is 0 Å².